The highest BCUT2D eigenvalue weighted by atomic mass is 16.6. The van der Waals surface area contributed by atoms with Gasteiger partial charge in [-0.25, -0.2) is 4.79 Å². The highest BCUT2D eigenvalue weighted by Crippen LogP contribution is 2.24. The lowest BCUT2D eigenvalue weighted by Gasteiger charge is -2.33. The van der Waals surface area contributed by atoms with Gasteiger partial charge < -0.3 is 19.4 Å². The number of amides is 2. The van der Waals surface area contributed by atoms with Gasteiger partial charge in [-0.3, -0.25) is 4.79 Å². The van der Waals surface area contributed by atoms with Crippen LogP contribution in [0, 0.1) is 20.8 Å². The smallest absolute Gasteiger partial charge is 0.407 e. The fraction of sp³-hybridized carbons (Fsp3) is 0.667. The summed E-state index contributed by atoms with van der Waals surface area (Å²) in [5.41, 5.74) is 1.00. The van der Waals surface area contributed by atoms with E-state index in [9.17, 15) is 9.59 Å². The van der Waals surface area contributed by atoms with Crippen LogP contribution in [0.2, 0.25) is 0 Å². The van der Waals surface area contributed by atoms with Crippen LogP contribution in [0.15, 0.2) is 4.42 Å². The van der Waals surface area contributed by atoms with Gasteiger partial charge in [0, 0.05) is 24.7 Å². The number of rotatable bonds is 2. The van der Waals surface area contributed by atoms with Gasteiger partial charge in [0.1, 0.15) is 17.1 Å². The van der Waals surface area contributed by atoms with E-state index >= 15 is 0 Å². The molecule has 1 aromatic rings. The molecule has 0 saturated carbocycles. The number of furan rings is 1. The van der Waals surface area contributed by atoms with Crippen LogP contribution in [0.5, 0.6) is 0 Å². The highest BCUT2D eigenvalue weighted by molar-refractivity contribution is 5.97. The SMILES string of the molecule is Cc1oc(C)c(C(=O)N2CCC[C@H](NC(=O)OC(C)(C)C)C2)c1C. The third-order valence-corrected chi connectivity index (χ3v) is 4.20. The zero-order valence-corrected chi connectivity index (χ0v) is 15.5. The standard InChI is InChI=1S/C18H28N2O4/c1-11-12(2)23-13(3)15(11)16(21)20-9-7-8-14(10-20)19-17(22)24-18(4,5)6/h14H,7-10H2,1-6H3,(H,19,22)/t14-/m0/s1. The number of alkyl carbamates (subject to hydrolysis) is 1. The zero-order chi connectivity index (χ0) is 18.1. The molecule has 0 radical (unpaired) electrons. The first kappa shape index (κ1) is 18.4. The molecule has 6 heteroatoms. The van der Waals surface area contributed by atoms with E-state index in [1.165, 1.54) is 0 Å². The van der Waals surface area contributed by atoms with Crippen LogP contribution in [0.25, 0.3) is 0 Å². The summed E-state index contributed by atoms with van der Waals surface area (Å²) in [4.78, 5) is 26.6. The Kier molecular flexibility index (Phi) is 5.26. The monoisotopic (exact) mass is 336 g/mol. The molecule has 2 heterocycles. The molecule has 1 N–H and O–H groups in total. The summed E-state index contributed by atoms with van der Waals surface area (Å²) in [5.74, 6) is 1.39. The van der Waals surface area contributed by atoms with Crippen molar-refractivity contribution < 1.29 is 18.7 Å². The minimum Gasteiger partial charge on any atom is -0.466 e. The number of aryl methyl sites for hydroxylation is 2. The molecule has 2 rings (SSSR count). The Labute approximate surface area is 143 Å². The largest absolute Gasteiger partial charge is 0.466 e. The predicted octanol–water partition coefficient (Wildman–Crippen LogP) is 3.33. The average Bonchev–Trinajstić information content (AvgIpc) is 2.69. The maximum Gasteiger partial charge on any atom is 0.407 e. The summed E-state index contributed by atoms with van der Waals surface area (Å²) in [6, 6.07) is -0.0915. The lowest BCUT2D eigenvalue weighted by Crippen LogP contribution is -2.50. The minimum absolute atomic E-state index is 0.0301. The number of piperidine rings is 1. The minimum atomic E-state index is -0.531. The summed E-state index contributed by atoms with van der Waals surface area (Å²) in [6.07, 6.45) is 1.25. The van der Waals surface area contributed by atoms with Crippen molar-refractivity contribution in [2.24, 2.45) is 0 Å². The molecule has 1 fully saturated rings. The number of nitrogens with zero attached hydrogens (tertiary/aromatic N) is 1. The highest BCUT2D eigenvalue weighted by Gasteiger charge is 2.29. The molecule has 0 bridgehead atoms. The Morgan fingerprint density at radius 2 is 1.88 bits per heavy atom. The molecule has 1 aliphatic rings. The lowest BCUT2D eigenvalue weighted by atomic mass is 10.0. The number of ether oxygens (including phenoxy) is 1. The molecule has 134 valence electrons. The Hall–Kier alpha value is -1.98. The Balaban J connectivity index is 2.02. The van der Waals surface area contributed by atoms with Crippen LogP contribution in [0.1, 0.15) is 61.1 Å². The second-order valence-corrected chi connectivity index (χ2v) is 7.45. The molecule has 1 aliphatic heterocycles. The van der Waals surface area contributed by atoms with E-state index in [0.717, 1.165) is 24.2 Å². The second kappa shape index (κ2) is 6.87. The number of likely N-dealkylation sites (tertiary alicyclic amines) is 1. The van der Waals surface area contributed by atoms with Crippen LogP contribution in [0.4, 0.5) is 4.79 Å². The van der Waals surface area contributed by atoms with Crippen LogP contribution in [0.3, 0.4) is 0 Å². The number of carbonyl (C=O) groups excluding carboxylic acids is 2. The Morgan fingerprint density at radius 1 is 1.21 bits per heavy atom. The van der Waals surface area contributed by atoms with Gasteiger partial charge in [0.05, 0.1) is 5.56 Å². The molecule has 1 atom stereocenters. The van der Waals surface area contributed by atoms with E-state index in [0.29, 0.717) is 24.4 Å². The molecule has 0 aliphatic carbocycles. The quantitative estimate of drug-likeness (QED) is 0.899. The normalized spacial score (nSPS) is 18.4. The van der Waals surface area contributed by atoms with Gasteiger partial charge in [0.15, 0.2) is 0 Å². The molecule has 2 amide bonds. The van der Waals surface area contributed by atoms with Crippen molar-refractivity contribution in [2.45, 2.75) is 66.0 Å². The fourth-order valence-electron chi connectivity index (χ4n) is 3.02. The van der Waals surface area contributed by atoms with Crippen molar-refractivity contribution in [1.29, 1.82) is 0 Å². The summed E-state index contributed by atoms with van der Waals surface area (Å²) < 4.78 is 10.9. The van der Waals surface area contributed by atoms with Crippen LogP contribution in [-0.2, 0) is 4.74 Å². The molecule has 0 spiro atoms. The molecule has 24 heavy (non-hydrogen) atoms. The van der Waals surface area contributed by atoms with Crippen molar-refractivity contribution in [3.8, 4) is 0 Å². The number of carbonyl (C=O) groups is 2. The summed E-state index contributed by atoms with van der Waals surface area (Å²) in [6.45, 7) is 12.2. The van der Waals surface area contributed by atoms with Crippen molar-refractivity contribution in [3.05, 3.63) is 22.6 Å². The summed E-state index contributed by atoms with van der Waals surface area (Å²) in [7, 11) is 0. The van der Waals surface area contributed by atoms with E-state index in [1.54, 1.807) is 4.90 Å². The third kappa shape index (κ3) is 4.30. The molecular weight excluding hydrogens is 308 g/mol. The van der Waals surface area contributed by atoms with Crippen LogP contribution < -0.4 is 5.32 Å². The van der Waals surface area contributed by atoms with Crippen molar-refractivity contribution in [1.82, 2.24) is 10.2 Å². The van der Waals surface area contributed by atoms with E-state index < -0.39 is 11.7 Å². The van der Waals surface area contributed by atoms with E-state index in [2.05, 4.69) is 5.32 Å². The van der Waals surface area contributed by atoms with Gasteiger partial charge in [0.25, 0.3) is 5.91 Å². The number of hydrogen-bond donors (Lipinski definition) is 1. The first-order valence-electron chi connectivity index (χ1n) is 8.44. The maximum absolute atomic E-state index is 12.8. The summed E-state index contributed by atoms with van der Waals surface area (Å²) >= 11 is 0. The van der Waals surface area contributed by atoms with Gasteiger partial charge >= 0.3 is 6.09 Å². The van der Waals surface area contributed by atoms with Crippen LogP contribution in [-0.4, -0.2) is 41.6 Å². The molecule has 1 aromatic heterocycles. The lowest BCUT2D eigenvalue weighted by molar-refractivity contribution is 0.0451. The maximum atomic E-state index is 12.8. The number of hydrogen-bond acceptors (Lipinski definition) is 4. The topological polar surface area (TPSA) is 71.8 Å². The van der Waals surface area contributed by atoms with E-state index in [1.807, 2.05) is 41.5 Å². The molecule has 0 aromatic carbocycles. The Morgan fingerprint density at radius 3 is 2.42 bits per heavy atom. The Bertz CT molecular complexity index is 628. The average molecular weight is 336 g/mol. The van der Waals surface area contributed by atoms with Crippen molar-refractivity contribution in [2.75, 3.05) is 13.1 Å². The van der Waals surface area contributed by atoms with Crippen molar-refractivity contribution >= 4 is 12.0 Å². The predicted molar refractivity (Wildman–Crippen MR) is 91.2 cm³/mol. The van der Waals surface area contributed by atoms with Gasteiger partial charge in [-0.1, -0.05) is 0 Å². The fourth-order valence-corrected chi connectivity index (χ4v) is 3.02. The first-order valence-corrected chi connectivity index (χ1v) is 8.44. The van der Waals surface area contributed by atoms with Gasteiger partial charge in [0.2, 0.25) is 0 Å². The first-order chi connectivity index (χ1) is 11.1. The molecule has 0 unspecified atom stereocenters. The number of nitrogens with one attached hydrogen (secondary N) is 1. The molecule has 1 saturated heterocycles. The van der Waals surface area contributed by atoms with Crippen LogP contribution >= 0.6 is 0 Å². The van der Waals surface area contributed by atoms with Crippen molar-refractivity contribution in [3.63, 3.8) is 0 Å². The third-order valence-electron chi connectivity index (χ3n) is 4.20. The van der Waals surface area contributed by atoms with Gasteiger partial charge in [-0.05, 0) is 54.4 Å². The summed E-state index contributed by atoms with van der Waals surface area (Å²) in [5, 5.41) is 2.87. The van der Waals surface area contributed by atoms with Gasteiger partial charge in [-0.2, -0.15) is 0 Å². The molecule has 6 nitrogen and oxygen atoms in total. The zero-order valence-electron chi connectivity index (χ0n) is 15.5. The van der Waals surface area contributed by atoms with E-state index in [4.69, 9.17) is 9.15 Å². The second-order valence-electron chi connectivity index (χ2n) is 7.45. The van der Waals surface area contributed by atoms with E-state index in [-0.39, 0.29) is 11.9 Å². The van der Waals surface area contributed by atoms with Gasteiger partial charge in [-0.15, -0.1) is 0 Å². The molecular formula is C18H28N2O4.